The quantitative estimate of drug-likeness (QED) is 0.665. The summed E-state index contributed by atoms with van der Waals surface area (Å²) in [5.41, 5.74) is 1.87. The van der Waals surface area contributed by atoms with Crippen molar-refractivity contribution in [2.24, 2.45) is 0 Å². The molecule has 0 aliphatic heterocycles. The highest BCUT2D eigenvalue weighted by Gasteiger charge is 2.06. The number of nitrogens with zero attached hydrogens (tertiary/aromatic N) is 1. The molecule has 3 rings (SSSR count). The molecule has 6 heteroatoms. The van der Waals surface area contributed by atoms with Gasteiger partial charge < -0.3 is 10.1 Å². The van der Waals surface area contributed by atoms with Crippen LogP contribution in [0.1, 0.15) is 0 Å². The molecule has 1 aromatic heterocycles. The van der Waals surface area contributed by atoms with Gasteiger partial charge in [0.15, 0.2) is 5.13 Å². The molecule has 0 saturated carbocycles. The van der Waals surface area contributed by atoms with Gasteiger partial charge in [-0.1, -0.05) is 38.9 Å². The Kier molecular flexibility index (Phi) is 3.83. The lowest BCUT2D eigenvalue weighted by Gasteiger charge is -2.06. The smallest absolute Gasteiger partial charge is 0.188 e. The van der Waals surface area contributed by atoms with Gasteiger partial charge in [-0.3, -0.25) is 0 Å². The minimum Gasteiger partial charge on any atom is -0.495 e. The Morgan fingerprint density at radius 2 is 2.10 bits per heavy atom. The van der Waals surface area contributed by atoms with E-state index in [1.165, 1.54) is 0 Å². The van der Waals surface area contributed by atoms with Crippen molar-refractivity contribution in [3.05, 3.63) is 45.9 Å². The number of hydrogen-bond acceptors (Lipinski definition) is 4. The number of halogens is 2. The number of ether oxygens (including phenoxy) is 1. The van der Waals surface area contributed by atoms with E-state index < -0.39 is 0 Å². The summed E-state index contributed by atoms with van der Waals surface area (Å²) in [6.45, 7) is 0. The van der Waals surface area contributed by atoms with Gasteiger partial charge in [0.25, 0.3) is 0 Å². The Morgan fingerprint density at radius 1 is 1.25 bits per heavy atom. The SMILES string of the molecule is COc1cc(Nc2nc3ccc(Br)cc3s2)ccc1Cl. The summed E-state index contributed by atoms with van der Waals surface area (Å²) in [5.74, 6) is 0.639. The molecule has 0 fully saturated rings. The van der Waals surface area contributed by atoms with E-state index in [2.05, 4.69) is 32.3 Å². The molecule has 0 spiro atoms. The van der Waals surface area contributed by atoms with Crippen LogP contribution in [0, 0.1) is 0 Å². The Morgan fingerprint density at radius 3 is 2.90 bits per heavy atom. The van der Waals surface area contributed by atoms with E-state index >= 15 is 0 Å². The number of fused-ring (bicyclic) bond motifs is 1. The highest BCUT2D eigenvalue weighted by atomic mass is 79.9. The van der Waals surface area contributed by atoms with Crippen LogP contribution in [0.25, 0.3) is 10.2 Å². The molecule has 0 saturated heterocycles. The Bertz CT molecular complexity index is 775. The summed E-state index contributed by atoms with van der Waals surface area (Å²) < 4.78 is 7.38. The maximum atomic E-state index is 6.01. The van der Waals surface area contributed by atoms with E-state index in [9.17, 15) is 0 Å². The van der Waals surface area contributed by atoms with Crippen LogP contribution < -0.4 is 10.1 Å². The zero-order valence-corrected chi connectivity index (χ0v) is 13.6. The standard InChI is InChI=1S/C14H10BrClN2OS/c1-19-12-7-9(3-4-10(12)16)17-14-18-11-5-2-8(15)6-13(11)20-14/h2-7H,1H3,(H,17,18). The summed E-state index contributed by atoms with van der Waals surface area (Å²) in [6, 6.07) is 11.6. The number of nitrogens with one attached hydrogen (secondary N) is 1. The number of anilines is 2. The summed E-state index contributed by atoms with van der Waals surface area (Å²) >= 11 is 11.1. The monoisotopic (exact) mass is 368 g/mol. The fourth-order valence-electron chi connectivity index (χ4n) is 1.81. The van der Waals surface area contributed by atoms with Gasteiger partial charge >= 0.3 is 0 Å². The zero-order chi connectivity index (χ0) is 14.1. The molecule has 0 atom stereocenters. The molecular weight excluding hydrogens is 360 g/mol. The second kappa shape index (κ2) is 5.60. The molecule has 1 N–H and O–H groups in total. The number of rotatable bonds is 3. The van der Waals surface area contributed by atoms with E-state index in [1.54, 1.807) is 24.5 Å². The van der Waals surface area contributed by atoms with Crippen LogP contribution in [0.4, 0.5) is 10.8 Å². The molecule has 2 aromatic carbocycles. The minimum atomic E-state index is 0.589. The molecule has 3 aromatic rings. The van der Waals surface area contributed by atoms with Gasteiger partial charge in [-0.2, -0.15) is 0 Å². The average molecular weight is 370 g/mol. The predicted molar refractivity (Wildman–Crippen MR) is 88.6 cm³/mol. The van der Waals surface area contributed by atoms with Crippen molar-refractivity contribution in [3.63, 3.8) is 0 Å². The molecule has 0 radical (unpaired) electrons. The molecule has 0 amide bonds. The third-order valence-corrected chi connectivity index (χ3v) is 4.49. The van der Waals surface area contributed by atoms with Gasteiger partial charge in [0.1, 0.15) is 5.75 Å². The fourth-order valence-corrected chi connectivity index (χ4v) is 3.45. The number of hydrogen-bond donors (Lipinski definition) is 1. The van der Waals surface area contributed by atoms with Crippen molar-refractivity contribution >= 4 is 59.9 Å². The summed E-state index contributed by atoms with van der Waals surface area (Å²) in [5, 5.41) is 4.69. The highest BCUT2D eigenvalue weighted by Crippen LogP contribution is 2.33. The number of methoxy groups -OCH3 is 1. The van der Waals surface area contributed by atoms with Gasteiger partial charge in [-0.15, -0.1) is 0 Å². The van der Waals surface area contributed by atoms with E-state index in [0.717, 1.165) is 25.5 Å². The van der Waals surface area contributed by atoms with Crippen LogP contribution in [0.5, 0.6) is 5.75 Å². The van der Waals surface area contributed by atoms with E-state index in [-0.39, 0.29) is 0 Å². The van der Waals surface area contributed by atoms with Gasteiger partial charge in [0.05, 0.1) is 22.3 Å². The van der Waals surface area contributed by atoms with Crippen molar-refractivity contribution < 1.29 is 4.74 Å². The maximum Gasteiger partial charge on any atom is 0.188 e. The molecule has 1 heterocycles. The molecule has 3 nitrogen and oxygen atoms in total. The summed E-state index contributed by atoms with van der Waals surface area (Å²) in [6.07, 6.45) is 0. The van der Waals surface area contributed by atoms with Gasteiger partial charge in [0.2, 0.25) is 0 Å². The van der Waals surface area contributed by atoms with E-state index in [1.807, 2.05) is 24.3 Å². The minimum absolute atomic E-state index is 0.589. The van der Waals surface area contributed by atoms with Crippen molar-refractivity contribution in [2.45, 2.75) is 0 Å². The van der Waals surface area contributed by atoms with Gasteiger partial charge in [-0.05, 0) is 30.3 Å². The Balaban J connectivity index is 1.92. The second-order valence-corrected chi connectivity index (χ2v) is 6.46. The van der Waals surface area contributed by atoms with E-state index in [0.29, 0.717) is 10.8 Å². The number of benzene rings is 2. The first-order valence-corrected chi connectivity index (χ1v) is 7.81. The Labute approximate surface area is 133 Å². The highest BCUT2D eigenvalue weighted by molar-refractivity contribution is 9.10. The molecule has 102 valence electrons. The average Bonchev–Trinajstić information content (AvgIpc) is 2.82. The topological polar surface area (TPSA) is 34.1 Å². The first-order valence-electron chi connectivity index (χ1n) is 5.82. The van der Waals surface area contributed by atoms with Crippen molar-refractivity contribution in [1.82, 2.24) is 4.98 Å². The van der Waals surface area contributed by atoms with Crippen LogP contribution in [0.15, 0.2) is 40.9 Å². The lowest BCUT2D eigenvalue weighted by atomic mass is 10.3. The van der Waals surface area contributed by atoms with Gasteiger partial charge in [0, 0.05) is 16.2 Å². The molecule has 0 aliphatic carbocycles. The van der Waals surface area contributed by atoms with Crippen molar-refractivity contribution in [2.75, 3.05) is 12.4 Å². The fraction of sp³-hybridized carbons (Fsp3) is 0.0714. The molecule has 20 heavy (non-hydrogen) atoms. The lowest BCUT2D eigenvalue weighted by Crippen LogP contribution is -1.91. The molecule has 0 unspecified atom stereocenters. The molecule has 0 bridgehead atoms. The maximum absolute atomic E-state index is 6.01. The van der Waals surface area contributed by atoms with E-state index in [4.69, 9.17) is 16.3 Å². The van der Waals surface area contributed by atoms with Crippen LogP contribution >= 0.6 is 38.9 Å². The van der Waals surface area contributed by atoms with Crippen molar-refractivity contribution in [1.29, 1.82) is 0 Å². The first-order chi connectivity index (χ1) is 9.65. The number of aromatic nitrogens is 1. The zero-order valence-electron chi connectivity index (χ0n) is 10.5. The largest absolute Gasteiger partial charge is 0.495 e. The number of thiazole rings is 1. The third kappa shape index (κ3) is 2.75. The lowest BCUT2D eigenvalue weighted by molar-refractivity contribution is 0.415. The summed E-state index contributed by atoms with van der Waals surface area (Å²) in [4.78, 5) is 4.54. The summed E-state index contributed by atoms with van der Waals surface area (Å²) in [7, 11) is 1.60. The van der Waals surface area contributed by atoms with Crippen molar-refractivity contribution in [3.8, 4) is 5.75 Å². The van der Waals surface area contributed by atoms with Crippen LogP contribution in [0.3, 0.4) is 0 Å². The molecule has 0 aliphatic rings. The van der Waals surface area contributed by atoms with Crippen LogP contribution in [0.2, 0.25) is 5.02 Å². The van der Waals surface area contributed by atoms with Gasteiger partial charge in [-0.25, -0.2) is 4.98 Å². The van der Waals surface area contributed by atoms with Crippen LogP contribution in [-0.2, 0) is 0 Å². The van der Waals surface area contributed by atoms with Crippen LogP contribution in [-0.4, -0.2) is 12.1 Å². The first kappa shape index (κ1) is 13.7. The third-order valence-electron chi connectivity index (χ3n) is 2.75. The normalized spacial score (nSPS) is 10.8. The Hall–Kier alpha value is -1.30. The second-order valence-electron chi connectivity index (χ2n) is 4.11. The predicted octanol–water partition coefficient (Wildman–Crippen LogP) is 5.46. The molecular formula is C14H10BrClN2OS.